The maximum Gasteiger partial charge on any atom is 0.0693 e. The van der Waals surface area contributed by atoms with Crippen LogP contribution in [0.3, 0.4) is 0 Å². The molecule has 0 amide bonds. The topological polar surface area (TPSA) is 49.5 Å². The highest BCUT2D eigenvalue weighted by Crippen LogP contribution is 2.24. The number of hydrogen-bond donors (Lipinski definition) is 2. The Morgan fingerprint density at radius 3 is 2.89 bits per heavy atom. The van der Waals surface area contributed by atoms with E-state index in [9.17, 15) is 5.11 Å². The lowest BCUT2D eigenvalue weighted by molar-refractivity contribution is 0.0282. The van der Waals surface area contributed by atoms with Crippen molar-refractivity contribution in [2.45, 2.75) is 31.9 Å². The van der Waals surface area contributed by atoms with Gasteiger partial charge in [-0.3, -0.25) is 0 Å². The van der Waals surface area contributed by atoms with Crippen molar-refractivity contribution in [2.24, 2.45) is 11.7 Å². The molecule has 1 fully saturated rings. The molecule has 3 atom stereocenters. The molecule has 3 N–H and O–H groups in total. The van der Waals surface area contributed by atoms with E-state index in [-0.39, 0.29) is 12.1 Å². The Kier molecular flexibility index (Phi) is 5.39. The van der Waals surface area contributed by atoms with Gasteiger partial charge in [0.05, 0.1) is 6.10 Å². The van der Waals surface area contributed by atoms with Crippen molar-refractivity contribution < 1.29 is 5.11 Å². The second-order valence-electron chi connectivity index (χ2n) is 5.55. The summed E-state index contributed by atoms with van der Waals surface area (Å²) in [5, 5.41) is 9.89. The van der Waals surface area contributed by atoms with Gasteiger partial charge in [-0.2, -0.15) is 0 Å². The molecule has 1 aromatic carbocycles. The summed E-state index contributed by atoms with van der Waals surface area (Å²) in [6.07, 6.45) is 1.81. The molecule has 2 rings (SSSR count). The molecule has 0 aliphatic carbocycles. The predicted molar refractivity (Wildman–Crippen MR) is 81.9 cm³/mol. The van der Waals surface area contributed by atoms with Crippen LogP contribution in [0.15, 0.2) is 28.7 Å². The highest BCUT2D eigenvalue weighted by atomic mass is 79.9. The minimum atomic E-state index is -0.187. The van der Waals surface area contributed by atoms with Crippen LogP contribution in [0, 0.1) is 5.92 Å². The van der Waals surface area contributed by atoms with Crippen LogP contribution in [-0.2, 0) is 0 Å². The number of nitrogens with zero attached hydrogens (tertiary/aromatic N) is 1. The predicted octanol–water partition coefficient (Wildman–Crippen LogP) is 2.54. The zero-order valence-electron chi connectivity index (χ0n) is 11.4. The van der Waals surface area contributed by atoms with E-state index in [0.29, 0.717) is 5.92 Å². The summed E-state index contributed by atoms with van der Waals surface area (Å²) < 4.78 is 1.08. The van der Waals surface area contributed by atoms with Gasteiger partial charge < -0.3 is 15.7 Å². The van der Waals surface area contributed by atoms with Crippen molar-refractivity contribution in [3.05, 3.63) is 34.3 Å². The van der Waals surface area contributed by atoms with Gasteiger partial charge in [0.2, 0.25) is 0 Å². The average molecular weight is 327 g/mol. The number of benzene rings is 1. The molecule has 19 heavy (non-hydrogen) atoms. The Labute approximate surface area is 123 Å². The Balaban J connectivity index is 1.84. The SMILES string of the molecule is CC1CCN(CCC(N)c2ccccc2Br)CC1O. The Morgan fingerprint density at radius 1 is 1.47 bits per heavy atom. The normalized spacial score (nSPS) is 26.3. The zero-order chi connectivity index (χ0) is 13.8. The number of aliphatic hydroxyl groups excluding tert-OH is 1. The fourth-order valence-electron chi connectivity index (χ4n) is 2.57. The summed E-state index contributed by atoms with van der Waals surface area (Å²) in [4.78, 5) is 2.32. The van der Waals surface area contributed by atoms with E-state index >= 15 is 0 Å². The first-order valence-electron chi connectivity index (χ1n) is 6.98. The van der Waals surface area contributed by atoms with E-state index in [0.717, 1.165) is 42.5 Å². The van der Waals surface area contributed by atoms with Gasteiger partial charge in [0.25, 0.3) is 0 Å². The van der Waals surface area contributed by atoms with Gasteiger partial charge in [0, 0.05) is 23.6 Å². The number of nitrogens with two attached hydrogens (primary N) is 1. The van der Waals surface area contributed by atoms with E-state index < -0.39 is 0 Å². The lowest BCUT2D eigenvalue weighted by atomic mass is 9.95. The third kappa shape index (κ3) is 4.02. The Bertz CT molecular complexity index is 413. The number of aliphatic hydroxyl groups is 1. The van der Waals surface area contributed by atoms with Crippen molar-refractivity contribution in [1.29, 1.82) is 0 Å². The van der Waals surface area contributed by atoms with Gasteiger partial charge in [0.15, 0.2) is 0 Å². The molecule has 4 heteroatoms. The maximum atomic E-state index is 9.89. The number of rotatable bonds is 4. The molecule has 1 heterocycles. The monoisotopic (exact) mass is 326 g/mol. The van der Waals surface area contributed by atoms with Crippen LogP contribution in [0.4, 0.5) is 0 Å². The van der Waals surface area contributed by atoms with Crippen LogP contribution in [0.25, 0.3) is 0 Å². The molecule has 0 aromatic heterocycles. The van der Waals surface area contributed by atoms with Gasteiger partial charge in [-0.15, -0.1) is 0 Å². The van der Waals surface area contributed by atoms with Gasteiger partial charge >= 0.3 is 0 Å². The summed E-state index contributed by atoms with van der Waals surface area (Å²) in [6, 6.07) is 8.17. The minimum absolute atomic E-state index is 0.0482. The van der Waals surface area contributed by atoms with E-state index in [1.165, 1.54) is 0 Å². The molecule has 0 saturated carbocycles. The Hall–Kier alpha value is -0.420. The lowest BCUT2D eigenvalue weighted by Crippen LogP contribution is -2.43. The number of piperidine rings is 1. The van der Waals surface area contributed by atoms with Gasteiger partial charge in [-0.25, -0.2) is 0 Å². The molecule has 0 bridgehead atoms. The smallest absolute Gasteiger partial charge is 0.0693 e. The molecule has 0 radical (unpaired) electrons. The van der Waals surface area contributed by atoms with Gasteiger partial charge in [0.1, 0.15) is 0 Å². The van der Waals surface area contributed by atoms with Crippen molar-refractivity contribution in [3.8, 4) is 0 Å². The van der Waals surface area contributed by atoms with Crippen molar-refractivity contribution in [2.75, 3.05) is 19.6 Å². The highest BCUT2D eigenvalue weighted by molar-refractivity contribution is 9.10. The fraction of sp³-hybridized carbons (Fsp3) is 0.600. The third-order valence-corrected chi connectivity index (χ3v) is 4.79. The van der Waals surface area contributed by atoms with Gasteiger partial charge in [-0.1, -0.05) is 41.1 Å². The van der Waals surface area contributed by atoms with Gasteiger partial charge in [-0.05, 0) is 36.9 Å². The van der Waals surface area contributed by atoms with E-state index in [1.54, 1.807) is 0 Å². The van der Waals surface area contributed by atoms with Crippen LogP contribution in [0.1, 0.15) is 31.4 Å². The largest absolute Gasteiger partial charge is 0.392 e. The molecular formula is C15H23BrN2O. The zero-order valence-corrected chi connectivity index (χ0v) is 13.0. The molecule has 0 spiro atoms. The second kappa shape index (κ2) is 6.84. The first-order valence-corrected chi connectivity index (χ1v) is 7.77. The van der Waals surface area contributed by atoms with Crippen LogP contribution in [0.2, 0.25) is 0 Å². The molecule has 1 aromatic rings. The molecule has 1 aliphatic heterocycles. The standard InChI is InChI=1S/C15H23BrN2O/c1-11-6-8-18(10-15(11)19)9-7-14(17)12-4-2-3-5-13(12)16/h2-5,11,14-15,19H,6-10,17H2,1H3. The summed E-state index contributed by atoms with van der Waals surface area (Å²) in [7, 11) is 0. The van der Waals surface area contributed by atoms with Crippen LogP contribution >= 0.6 is 15.9 Å². The number of hydrogen-bond acceptors (Lipinski definition) is 3. The maximum absolute atomic E-state index is 9.89. The first-order chi connectivity index (χ1) is 9.08. The van der Waals surface area contributed by atoms with E-state index in [1.807, 2.05) is 18.2 Å². The van der Waals surface area contributed by atoms with E-state index in [2.05, 4.69) is 33.8 Å². The molecule has 106 valence electrons. The third-order valence-electron chi connectivity index (χ3n) is 4.06. The fourth-order valence-corrected chi connectivity index (χ4v) is 3.15. The van der Waals surface area contributed by atoms with Crippen molar-refractivity contribution >= 4 is 15.9 Å². The lowest BCUT2D eigenvalue weighted by Gasteiger charge is -2.34. The van der Waals surface area contributed by atoms with Crippen molar-refractivity contribution in [3.63, 3.8) is 0 Å². The summed E-state index contributed by atoms with van der Waals surface area (Å²) >= 11 is 3.55. The van der Waals surface area contributed by atoms with Crippen LogP contribution in [0.5, 0.6) is 0 Å². The summed E-state index contributed by atoms with van der Waals surface area (Å²) in [5.74, 6) is 0.424. The number of β-amino-alcohol motifs (C(OH)–C–C–N with tert-alkyl or cyclic N) is 1. The summed E-state index contributed by atoms with van der Waals surface area (Å²) in [6.45, 7) is 4.92. The molecule has 3 unspecified atom stereocenters. The van der Waals surface area contributed by atoms with Crippen LogP contribution in [-0.4, -0.2) is 35.7 Å². The summed E-state index contributed by atoms with van der Waals surface area (Å²) in [5.41, 5.74) is 7.42. The number of halogens is 1. The molecule has 3 nitrogen and oxygen atoms in total. The van der Waals surface area contributed by atoms with E-state index in [4.69, 9.17) is 5.73 Å². The Morgan fingerprint density at radius 2 is 2.21 bits per heavy atom. The molecule has 1 saturated heterocycles. The van der Waals surface area contributed by atoms with Crippen molar-refractivity contribution in [1.82, 2.24) is 4.90 Å². The van der Waals surface area contributed by atoms with Crippen LogP contribution < -0.4 is 5.73 Å². The average Bonchev–Trinajstić information content (AvgIpc) is 2.40. The molecule has 1 aliphatic rings. The first kappa shape index (κ1) is 15.0. The quantitative estimate of drug-likeness (QED) is 0.893. The highest BCUT2D eigenvalue weighted by Gasteiger charge is 2.24. The number of likely N-dealkylation sites (tertiary alicyclic amines) is 1. The second-order valence-corrected chi connectivity index (χ2v) is 6.40. The molecular weight excluding hydrogens is 304 g/mol. The minimum Gasteiger partial charge on any atom is -0.392 e.